The number of carbonyl (C=O) groups is 1. The molecule has 0 aromatic heterocycles. The van der Waals surface area contributed by atoms with Crippen molar-refractivity contribution in [3.8, 4) is 0 Å². The quantitative estimate of drug-likeness (QED) is 0.299. The first-order valence-electron chi connectivity index (χ1n) is 10.8. The third-order valence-electron chi connectivity index (χ3n) is 5.83. The zero-order chi connectivity index (χ0) is 20.6. The maximum Gasteiger partial charge on any atom is 0.225 e. The van der Waals surface area contributed by atoms with Gasteiger partial charge in [0.1, 0.15) is 11.9 Å². The Morgan fingerprint density at radius 1 is 1.27 bits per heavy atom. The van der Waals surface area contributed by atoms with Gasteiger partial charge in [-0.3, -0.25) is 9.79 Å². The van der Waals surface area contributed by atoms with Crippen LogP contribution in [0.1, 0.15) is 57.1 Å². The van der Waals surface area contributed by atoms with Crippen LogP contribution in [0.2, 0.25) is 0 Å². The summed E-state index contributed by atoms with van der Waals surface area (Å²) in [5.74, 6) is 0.645. The van der Waals surface area contributed by atoms with Gasteiger partial charge in [0.05, 0.1) is 6.54 Å². The summed E-state index contributed by atoms with van der Waals surface area (Å²) in [5.41, 5.74) is 0.247. The van der Waals surface area contributed by atoms with Crippen molar-refractivity contribution < 1.29 is 14.3 Å². The van der Waals surface area contributed by atoms with Gasteiger partial charge in [-0.15, -0.1) is 24.0 Å². The van der Waals surface area contributed by atoms with Gasteiger partial charge in [0.2, 0.25) is 5.91 Å². The number of aliphatic hydroxyl groups is 1. The minimum absolute atomic E-state index is 0. The van der Waals surface area contributed by atoms with Gasteiger partial charge in [-0.2, -0.15) is 0 Å². The van der Waals surface area contributed by atoms with Crippen molar-refractivity contribution >= 4 is 35.8 Å². The van der Waals surface area contributed by atoms with E-state index < -0.39 is 11.9 Å². The van der Waals surface area contributed by atoms with E-state index in [1.54, 1.807) is 18.2 Å². The molecule has 1 saturated carbocycles. The summed E-state index contributed by atoms with van der Waals surface area (Å²) >= 11 is 0. The number of aliphatic imine (C=N–C) groups is 1. The number of rotatable bonds is 6. The van der Waals surface area contributed by atoms with Crippen LogP contribution in [-0.4, -0.2) is 54.1 Å². The van der Waals surface area contributed by atoms with Crippen LogP contribution in [0.15, 0.2) is 29.3 Å². The average Bonchev–Trinajstić information content (AvgIpc) is 3.21. The van der Waals surface area contributed by atoms with Crippen LogP contribution in [0.5, 0.6) is 0 Å². The molecule has 3 N–H and O–H groups in total. The van der Waals surface area contributed by atoms with Crippen LogP contribution >= 0.6 is 24.0 Å². The number of aliphatic hydroxyl groups excluding tert-OH is 1. The van der Waals surface area contributed by atoms with E-state index in [9.17, 15) is 14.3 Å². The van der Waals surface area contributed by atoms with Gasteiger partial charge in [0.15, 0.2) is 5.96 Å². The van der Waals surface area contributed by atoms with Crippen molar-refractivity contribution in [3.63, 3.8) is 0 Å². The van der Waals surface area contributed by atoms with Crippen LogP contribution in [-0.2, 0) is 4.79 Å². The molecule has 2 unspecified atom stereocenters. The first-order valence-corrected chi connectivity index (χ1v) is 10.8. The highest BCUT2D eigenvalue weighted by molar-refractivity contribution is 14.0. The van der Waals surface area contributed by atoms with Crippen molar-refractivity contribution in [2.45, 2.75) is 57.6 Å². The molecule has 1 aliphatic heterocycles. The zero-order valence-electron chi connectivity index (χ0n) is 17.6. The molecule has 1 amide bonds. The maximum absolute atomic E-state index is 13.8. The number of benzene rings is 1. The number of amides is 1. The van der Waals surface area contributed by atoms with Gasteiger partial charge < -0.3 is 20.6 Å². The van der Waals surface area contributed by atoms with E-state index >= 15 is 0 Å². The lowest BCUT2D eigenvalue weighted by Crippen LogP contribution is -2.45. The Balaban J connectivity index is 0.00000320. The molecule has 168 valence electrons. The normalized spacial score (nSPS) is 21.1. The molecule has 30 heavy (non-hydrogen) atoms. The summed E-state index contributed by atoms with van der Waals surface area (Å²) in [6.45, 7) is 4.16. The number of halogens is 2. The first-order chi connectivity index (χ1) is 14.1. The fraction of sp³-hybridized carbons (Fsp3) is 0.636. The maximum atomic E-state index is 13.8. The highest BCUT2D eigenvalue weighted by Gasteiger charge is 2.31. The van der Waals surface area contributed by atoms with E-state index in [1.165, 1.54) is 12.5 Å². The molecule has 0 radical (unpaired) electrons. The van der Waals surface area contributed by atoms with E-state index in [2.05, 4.69) is 15.6 Å². The van der Waals surface area contributed by atoms with Crippen LogP contribution in [0.3, 0.4) is 0 Å². The second-order valence-electron chi connectivity index (χ2n) is 8.01. The van der Waals surface area contributed by atoms with Crippen LogP contribution in [0.25, 0.3) is 0 Å². The molecule has 2 fully saturated rings. The predicted octanol–water partition coefficient (Wildman–Crippen LogP) is 3.21. The molecule has 1 heterocycles. The molecule has 1 saturated heterocycles. The molecule has 0 spiro atoms. The Morgan fingerprint density at radius 3 is 2.70 bits per heavy atom. The number of carbonyl (C=O) groups excluding carboxylic acids is 1. The molecule has 1 aromatic carbocycles. The van der Waals surface area contributed by atoms with Gasteiger partial charge in [0, 0.05) is 37.2 Å². The van der Waals surface area contributed by atoms with Crippen molar-refractivity contribution in [3.05, 3.63) is 35.6 Å². The number of nitrogens with one attached hydrogen (secondary N) is 2. The molecule has 1 aromatic rings. The Bertz CT molecular complexity index is 712. The Hall–Kier alpha value is -1.42. The second-order valence-corrected chi connectivity index (χ2v) is 8.01. The lowest BCUT2D eigenvalue weighted by molar-refractivity contribution is -0.135. The van der Waals surface area contributed by atoms with E-state index in [0.717, 1.165) is 38.6 Å². The van der Waals surface area contributed by atoms with Crippen molar-refractivity contribution in [1.82, 2.24) is 15.5 Å². The minimum Gasteiger partial charge on any atom is -0.386 e. The molecular weight excluding hydrogens is 498 g/mol. The van der Waals surface area contributed by atoms with E-state index in [0.29, 0.717) is 25.0 Å². The molecule has 8 heteroatoms. The van der Waals surface area contributed by atoms with Crippen molar-refractivity contribution in [2.24, 2.45) is 10.9 Å². The third kappa shape index (κ3) is 6.80. The summed E-state index contributed by atoms with van der Waals surface area (Å²) in [6, 6.07) is 6.33. The smallest absolute Gasteiger partial charge is 0.225 e. The monoisotopic (exact) mass is 532 g/mol. The van der Waals surface area contributed by atoms with Crippen molar-refractivity contribution in [1.29, 1.82) is 0 Å². The summed E-state index contributed by atoms with van der Waals surface area (Å²) < 4.78 is 13.8. The molecule has 6 nitrogen and oxygen atoms in total. The second kappa shape index (κ2) is 12.4. The molecule has 3 rings (SSSR count). The van der Waals surface area contributed by atoms with Gasteiger partial charge in [0.25, 0.3) is 0 Å². The van der Waals surface area contributed by atoms with Gasteiger partial charge in [-0.05, 0) is 32.3 Å². The van der Waals surface area contributed by atoms with Crippen LogP contribution < -0.4 is 10.6 Å². The zero-order valence-corrected chi connectivity index (χ0v) is 20.0. The molecule has 2 aliphatic rings. The van der Waals surface area contributed by atoms with E-state index in [1.807, 2.05) is 11.8 Å². The lowest BCUT2D eigenvalue weighted by Gasteiger charge is -2.26. The van der Waals surface area contributed by atoms with E-state index in [4.69, 9.17) is 0 Å². The minimum atomic E-state index is -1.00. The van der Waals surface area contributed by atoms with Crippen LogP contribution in [0, 0.1) is 11.7 Å². The number of likely N-dealkylation sites (tertiary alicyclic amines) is 1. The Morgan fingerprint density at radius 2 is 2.00 bits per heavy atom. The fourth-order valence-electron chi connectivity index (χ4n) is 4.22. The molecule has 0 bridgehead atoms. The Labute approximate surface area is 195 Å². The van der Waals surface area contributed by atoms with Gasteiger partial charge >= 0.3 is 0 Å². The molecule has 2 atom stereocenters. The third-order valence-corrected chi connectivity index (χ3v) is 5.83. The van der Waals surface area contributed by atoms with Crippen LogP contribution in [0.4, 0.5) is 4.39 Å². The standard InChI is InChI=1S/C22H33FN4O2.HI/c1-2-24-22(25-14-20(28)18-10-6-7-11-19(18)23)26-17-12-13-27(15-17)21(29)16-8-4-3-5-9-16;/h6-7,10-11,16-17,20,28H,2-5,8-9,12-15H2,1H3,(H2,24,25,26);1H. The SMILES string of the molecule is CCNC(=NCC(O)c1ccccc1F)NC1CCN(C(=O)C2CCCCC2)C1.I. The predicted molar refractivity (Wildman–Crippen MR) is 127 cm³/mol. The van der Waals surface area contributed by atoms with E-state index in [-0.39, 0.29) is 48.0 Å². The van der Waals surface area contributed by atoms with Crippen molar-refractivity contribution in [2.75, 3.05) is 26.2 Å². The number of hydrogen-bond donors (Lipinski definition) is 3. The number of hydrogen-bond acceptors (Lipinski definition) is 3. The summed E-state index contributed by atoms with van der Waals surface area (Å²) in [5, 5.41) is 16.8. The summed E-state index contributed by atoms with van der Waals surface area (Å²) in [7, 11) is 0. The first kappa shape index (κ1) is 24.8. The van der Waals surface area contributed by atoms with Gasteiger partial charge in [-0.1, -0.05) is 37.5 Å². The highest BCUT2D eigenvalue weighted by atomic mass is 127. The number of guanidine groups is 1. The molecule has 1 aliphatic carbocycles. The lowest BCUT2D eigenvalue weighted by atomic mass is 9.88. The Kier molecular flexibility index (Phi) is 10.3. The average molecular weight is 532 g/mol. The topological polar surface area (TPSA) is 77.0 Å². The fourth-order valence-corrected chi connectivity index (χ4v) is 4.22. The highest BCUT2D eigenvalue weighted by Crippen LogP contribution is 2.26. The van der Waals surface area contributed by atoms with Gasteiger partial charge in [-0.25, -0.2) is 4.39 Å². The number of nitrogens with zero attached hydrogens (tertiary/aromatic N) is 2. The molecular formula is C22H34FIN4O2. The largest absolute Gasteiger partial charge is 0.386 e. The summed E-state index contributed by atoms with van der Waals surface area (Å²) in [4.78, 5) is 19.2. The summed E-state index contributed by atoms with van der Waals surface area (Å²) in [6.07, 6.45) is 5.48.